The molecule has 0 aliphatic heterocycles. The molecule has 0 bridgehead atoms. The molecule has 4 aromatic rings. The molecule has 27 heavy (non-hydrogen) atoms. The van der Waals surface area contributed by atoms with Crippen LogP contribution in [0.25, 0.3) is 11.0 Å². The van der Waals surface area contributed by atoms with Crippen LogP contribution in [0.3, 0.4) is 0 Å². The van der Waals surface area contributed by atoms with Crippen LogP contribution in [0.2, 0.25) is 0 Å². The van der Waals surface area contributed by atoms with Gasteiger partial charge in [-0.15, -0.1) is 0 Å². The molecule has 0 aliphatic carbocycles. The van der Waals surface area contributed by atoms with Gasteiger partial charge in [0.1, 0.15) is 11.3 Å². The Morgan fingerprint density at radius 2 is 1.81 bits per heavy atom. The smallest absolute Gasteiger partial charge is 0.174 e. The minimum atomic E-state index is 0.420. The first kappa shape index (κ1) is 17.2. The minimum absolute atomic E-state index is 0.420. The molecule has 4 rings (SSSR count). The molecule has 0 saturated carbocycles. The maximum absolute atomic E-state index is 6.12. The van der Waals surface area contributed by atoms with Crippen LogP contribution in [0.5, 0.6) is 5.75 Å². The standard InChI is InChI=1S/C20H19N5OS/c1-26-14-8-6-13(7-9-14)12-25-16-10-11-23-19(22)18(16)24-20(25)27-17-5-3-2-4-15(17)21/h2-11H,12,21H2,1H3,(H2,22,23). The number of ether oxygens (including phenoxy) is 1. The lowest BCUT2D eigenvalue weighted by atomic mass is 10.2. The van der Waals surface area contributed by atoms with Crippen LogP contribution in [0, 0.1) is 0 Å². The predicted molar refractivity (Wildman–Crippen MR) is 109 cm³/mol. The van der Waals surface area contributed by atoms with Gasteiger partial charge in [-0.25, -0.2) is 9.97 Å². The second-order valence-corrected chi connectivity index (χ2v) is 7.04. The van der Waals surface area contributed by atoms with Gasteiger partial charge in [0.25, 0.3) is 0 Å². The van der Waals surface area contributed by atoms with Crippen LogP contribution < -0.4 is 16.2 Å². The van der Waals surface area contributed by atoms with E-state index in [1.807, 2.05) is 54.6 Å². The number of benzene rings is 2. The van der Waals surface area contributed by atoms with Crippen LogP contribution in [0.1, 0.15) is 5.56 Å². The largest absolute Gasteiger partial charge is 0.497 e. The van der Waals surface area contributed by atoms with Gasteiger partial charge in [0, 0.05) is 16.8 Å². The van der Waals surface area contributed by atoms with Crippen LogP contribution in [0.4, 0.5) is 11.5 Å². The van der Waals surface area contributed by atoms with E-state index in [0.29, 0.717) is 17.9 Å². The van der Waals surface area contributed by atoms with Crippen molar-refractivity contribution in [2.45, 2.75) is 16.6 Å². The molecule has 0 unspecified atom stereocenters. The van der Waals surface area contributed by atoms with Crippen molar-refractivity contribution in [2.75, 3.05) is 18.6 Å². The third kappa shape index (κ3) is 3.41. The average Bonchev–Trinajstić information content (AvgIpc) is 3.03. The van der Waals surface area contributed by atoms with Gasteiger partial charge in [0.2, 0.25) is 0 Å². The molecule has 2 heterocycles. The Labute approximate surface area is 161 Å². The molecular formula is C20H19N5OS. The number of methoxy groups -OCH3 is 1. The maximum atomic E-state index is 6.12. The third-order valence-electron chi connectivity index (χ3n) is 4.28. The first-order valence-electron chi connectivity index (χ1n) is 8.41. The molecule has 0 radical (unpaired) electrons. The molecule has 0 fully saturated rings. The molecule has 0 spiro atoms. The SMILES string of the molecule is COc1ccc(Cn2c(Sc3ccccc3N)nc3c(N)nccc32)cc1. The topological polar surface area (TPSA) is 92.0 Å². The van der Waals surface area contributed by atoms with Gasteiger partial charge in [0.05, 0.1) is 19.2 Å². The van der Waals surface area contributed by atoms with Crippen molar-refractivity contribution in [3.63, 3.8) is 0 Å². The van der Waals surface area contributed by atoms with Crippen molar-refractivity contribution in [2.24, 2.45) is 0 Å². The molecule has 136 valence electrons. The first-order valence-corrected chi connectivity index (χ1v) is 9.23. The Balaban J connectivity index is 1.78. The summed E-state index contributed by atoms with van der Waals surface area (Å²) < 4.78 is 7.38. The van der Waals surface area contributed by atoms with Crippen LogP contribution >= 0.6 is 11.8 Å². The van der Waals surface area contributed by atoms with Crippen molar-refractivity contribution < 1.29 is 4.74 Å². The summed E-state index contributed by atoms with van der Waals surface area (Å²) in [5.41, 5.74) is 15.7. The highest BCUT2D eigenvalue weighted by Gasteiger charge is 2.16. The van der Waals surface area contributed by atoms with E-state index in [0.717, 1.165) is 32.6 Å². The highest BCUT2D eigenvalue weighted by molar-refractivity contribution is 7.99. The van der Waals surface area contributed by atoms with E-state index in [-0.39, 0.29) is 0 Å². The summed E-state index contributed by atoms with van der Waals surface area (Å²) in [4.78, 5) is 9.86. The number of nitrogens with two attached hydrogens (primary N) is 2. The monoisotopic (exact) mass is 377 g/mol. The lowest BCUT2D eigenvalue weighted by Crippen LogP contribution is -2.02. The molecular weight excluding hydrogens is 358 g/mol. The highest BCUT2D eigenvalue weighted by atomic mass is 32.2. The zero-order valence-electron chi connectivity index (χ0n) is 14.8. The highest BCUT2D eigenvalue weighted by Crippen LogP contribution is 2.34. The van der Waals surface area contributed by atoms with Gasteiger partial charge in [-0.1, -0.05) is 24.3 Å². The van der Waals surface area contributed by atoms with Crippen LogP contribution in [-0.4, -0.2) is 21.6 Å². The number of para-hydroxylation sites is 1. The second-order valence-electron chi connectivity index (χ2n) is 6.03. The number of fused-ring (bicyclic) bond motifs is 1. The van der Waals surface area contributed by atoms with E-state index in [1.54, 1.807) is 13.3 Å². The van der Waals surface area contributed by atoms with Gasteiger partial charge in [-0.05, 0) is 47.7 Å². The number of rotatable bonds is 5. The fourth-order valence-electron chi connectivity index (χ4n) is 2.87. The molecule has 0 amide bonds. The fraction of sp³-hybridized carbons (Fsp3) is 0.100. The van der Waals surface area contributed by atoms with Crippen LogP contribution in [0.15, 0.2) is 70.8 Å². The number of aromatic nitrogens is 3. The van der Waals surface area contributed by atoms with E-state index in [4.69, 9.17) is 21.2 Å². The summed E-state index contributed by atoms with van der Waals surface area (Å²) in [6.45, 7) is 0.652. The molecule has 0 aliphatic rings. The second kappa shape index (κ2) is 7.20. The Kier molecular flexibility index (Phi) is 4.60. The zero-order chi connectivity index (χ0) is 18.8. The molecule has 2 aromatic carbocycles. The summed E-state index contributed by atoms with van der Waals surface area (Å²) in [6, 6.07) is 17.7. The van der Waals surface area contributed by atoms with Gasteiger partial charge >= 0.3 is 0 Å². The number of anilines is 2. The lowest BCUT2D eigenvalue weighted by molar-refractivity contribution is 0.414. The Bertz CT molecular complexity index is 1090. The Hall–Kier alpha value is -3.19. The fourth-order valence-corrected chi connectivity index (χ4v) is 3.81. The number of pyridine rings is 1. The molecule has 6 nitrogen and oxygen atoms in total. The number of nitrogen functional groups attached to an aromatic ring is 2. The van der Waals surface area contributed by atoms with E-state index in [2.05, 4.69) is 9.55 Å². The van der Waals surface area contributed by atoms with Gasteiger partial charge in [-0.2, -0.15) is 0 Å². The number of hydrogen-bond acceptors (Lipinski definition) is 6. The number of hydrogen-bond donors (Lipinski definition) is 2. The van der Waals surface area contributed by atoms with Gasteiger partial charge in [-0.3, -0.25) is 0 Å². The zero-order valence-corrected chi connectivity index (χ0v) is 15.6. The van der Waals surface area contributed by atoms with E-state index < -0.39 is 0 Å². The molecule has 7 heteroatoms. The average molecular weight is 377 g/mol. The predicted octanol–water partition coefficient (Wildman–Crippen LogP) is 3.80. The Morgan fingerprint density at radius 3 is 2.56 bits per heavy atom. The molecule has 0 saturated heterocycles. The van der Waals surface area contributed by atoms with Gasteiger partial charge in [0.15, 0.2) is 11.0 Å². The molecule has 0 atom stereocenters. The number of nitrogens with zero attached hydrogens (tertiary/aromatic N) is 3. The normalized spacial score (nSPS) is 11.0. The van der Waals surface area contributed by atoms with E-state index in [9.17, 15) is 0 Å². The summed E-state index contributed by atoms with van der Waals surface area (Å²) in [5, 5.41) is 0.818. The van der Waals surface area contributed by atoms with Crippen molar-refractivity contribution in [3.8, 4) is 5.75 Å². The maximum Gasteiger partial charge on any atom is 0.174 e. The van der Waals surface area contributed by atoms with Crippen molar-refractivity contribution in [3.05, 3.63) is 66.4 Å². The lowest BCUT2D eigenvalue weighted by Gasteiger charge is -2.10. The Morgan fingerprint density at radius 1 is 1.04 bits per heavy atom. The van der Waals surface area contributed by atoms with Crippen LogP contribution in [-0.2, 0) is 6.54 Å². The molecule has 2 aromatic heterocycles. The summed E-state index contributed by atoms with van der Waals surface area (Å²) in [7, 11) is 1.66. The van der Waals surface area contributed by atoms with E-state index in [1.165, 1.54) is 11.8 Å². The van der Waals surface area contributed by atoms with Crippen molar-refractivity contribution >= 4 is 34.3 Å². The quantitative estimate of drug-likeness (QED) is 0.514. The minimum Gasteiger partial charge on any atom is -0.497 e. The van der Waals surface area contributed by atoms with E-state index >= 15 is 0 Å². The van der Waals surface area contributed by atoms with Gasteiger partial charge < -0.3 is 20.8 Å². The van der Waals surface area contributed by atoms with Crippen molar-refractivity contribution in [1.82, 2.24) is 14.5 Å². The third-order valence-corrected chi connectivity index (χ3v) is 5.37. The first-order chi connectivity index (χ1) is 13.2. The molecule has 4 N–H and O–H groups in total. The summed E-state index contributed by atoms with van der Waals surface area (Å²) in [5.74, 6) is 1.25. The van der Waals surface area contributed by atoms with Crippen molar-refractivity contribution in [1.29, 1.82) is 0 Å². The number of imidazole rings is 1. The summed E-state index contributed by atoms with van der Waals surface area (Å²) in [6.07, 6.45) is 1.70. The summed E-state index contributed by atoms with van der Waals surface area (Å²) >= 11 is 1.52.